The lowest BCUT2D eigenvalue weighted by molar-refractivity contribution is 0.221. The highest BCUT2D eigenvalue weighted by Crippen LogP contribution is 2.31. The molecule has 2 aromatic heterocycles. The summed E-state index contributed by atoms with van der Waals surface area (Å²) in [6.45, 7) is 9.51. The minimum atomic E-state index is -0.352. The Labute approximate surface area is 179 Å². The number of nitrogens with one attached hydrogen (secondary N) is 2. The molecule has 10 nitrogen and oxygen atoms in total. The summed E-state index contributed by atoms with van der Waals surface area (Å²) >= 11 is 0. The lowest BCUT2D eigenvalue weighted by atomic mass is 10.1. The van der Waals surface area contributed by atoms with E-state index in [1.165, 1.54) is 5.56 Å². The molecule has 0 fully saturated rings. The molecule has 4 rings (SSSR count). The zero-order valence-corrected chi connectivity index (χ0v) is 17.8. The van der Waals surface area contributed by atoms with Crippen molar-refractivity contribution in [1.82, 2.24) is 35.1 Å². The van der Waals surface area contributed by atoms with Crippen LogP contribution in [0.5, 0.6) is 0 Å². The molecular weight excluding hydrogens is 396 g/mol. The van der Waals surface area contributed by atoms with Crippen LogP contribution in [-0.2, 0) is 13.0 Å². The number of fused-ring (bicyclic) bond motifs is 1. The molecule has 0 spiro atoms. The summed E-state index contributed by atoms with van der Waals surface area (Å²) in [4.78, 5) is 34.9. The molecule has 3 aromatic rings. The van der Waals surface area contributed by atoms with E-state index in [-0.39, 0.29) is 11.7 Å². The van der Waals surface area contributed by atoms with E-state index < -0.39 is 0 Å². The fourth-order valence-electron chi connectivity index (χ4n) is 3.76. The van der Waals surface area contributed by atoms with Gasteiger partial charge in [0.25, 0.3) is 0 Å². The molecule has 1 aliphatic heterocycles. The Morgan fingerprint density at radius 2 is 1.94 bits per heavy atom. The van der Waals surface area contributed by atoms with E-state index in [0.29, 0.717) is 55.5 Å². The second kappa shape index (κ2) is 8.58. The number of benzene rings is 1. The molecule has 31 heavy (non-hydrogen) atoms. The Bertz CT molecular complexity index is 1160. The van der Waals surface area contributed by atoms with Crippen LogP contribution in [0, 0.1) is 6.92 Å². The first-order chi connectivity index (χ1) is 15.0. The molecule has 10 heteroatoms. The number of rotatable bonds is 8. The lowest BCUT2D eigenvalue weighted by Gasteiger charge is -2.35. The Hall–Kier alpha value is -3.69. The number of imidazole rings is 1. The maximum absolute atomic E-state index is 13.0. The first kappa shape index (κ1) is 20.6. The van der Waals surface area contributed by atoms with Crippen molar-refractivity contribution in [3.05, 3.63) is 64.0 Å². The topological polar surface area (TPSA) is 116 Å². The van der Waals surface area contributed by atoms with Gasteiger partial charge in [-0.3, -0.25) is 14.8 Å². The Balaban J connectivity index is 1.39. The predicted octanol–water partition coefficient (Wildman–Crippen LogP) is 2.30. The van der Waals surface area contributed by atoms with E-state index in [1.54, 1.807) is 14.6 Å². The van der Waals surface area contributed by atoms with Crippen LogP contribution in [0.1, 0.15) is 42.4 Å². The Kier molecular flexibility index (Phi) is 5.70. The number of aromatic nitrogens is 6. The number of H-pyrrole nitrogens is 2. The smallest absolute Gasteiger partial charge is 0.303 e. The largest absolute Gasteiger partial charge is 0.330 e. The molecule has 0 radical (unpaired) electrons. The molecule has 2 amide bonds. The Morgan fingerprint density at radius 3 is 2.71 bits per heavy atom. The number of aryl methyl sites for hydroxylation is 2. The van der Waals surface area contributed by atoms with Gasteiger partial charge in [0.2, 0.25) is 0 Å². The third-order valence-electron chi connectivity index (χ3n) is 5.18. The van der Waals surface area contributed by atoms with Crippen LogP contribution in [0.4, 0.5) is 10.6 Å². The van der Waals surface area contributed by atoms with Crippen molar-refractivity contribution in [1.29, 1.82) is 0 Å². The van der Waals surface area contributed by atoms with E-state index >= 15 is 0 Å². The molecule has 0 saturated carbocycles. The standard InChI is InChI=1S/C21H26N8O2/c1-4-9-28-19-18(22-20(30)23-19)15(3)27(21(28)31)10-6-11-29-25-17(24-26-29)13-16-8-5-7-14(2)12-16/h5,7-8,12H,3-4,6,9-11,13H2,1-2H3,(H2,22,23,30). The van der Waals surface area contributed by atoms with Gasteiger partial charge in [-0.2, -0.15) is 4.80 Å². The molecular formula is C21H26N8O2. The molecule has 1 aromatic carbocycles. The van der Waals surface area contributed by atoms with Crippen molar-refractivity contribution < 1.29 is 4.79 Å². The van der Waals surface area contributed by atoms with Crippen LogP contribution in [-0.4, -0.2) is 54.2 Å². The van der Waals surface area contributed by atoms with E-state index in [2.05, 4.69) is 51.0 Å². The minimum absolute atomic E-state index is 0.193. The van der Waals surface area contributed by atoms with Crippen molar-refractivity contribution in [2.75, 3.05) is 18.0 Å². The van der Waals surface area contributed by atoms with Crippen LogP contribution in [0.3, 0.4) is 0 Å². The molecule has 0 atom stereocenters. The van der Waals surface area contributed by atoms with E-state index in [0.717, 1.165) is 12.0 Å². The number of nitrogens with zero attached hydrogens (tertiary/aromatic N) is 6. The van der Waals surface area contributed by atoms with Gasteiger partial charge >= 0.3 is 11.7 Å². The minimum Gasteiger partial charge on any atom is -0.303 e. The monoisotopic (exact) mass is 422 g/mol. The predicted molar refractivity (Wildman–Crippen MR) is 117 cm³/mol. The van der Waals surface area contributed by atoms with Crippen LogP contribution >= 0.6 is 0 Å². The summed E-state index contributed by atoms with van der Waals surface area (Å²) in [6.07, 6.45) is 2.01. The number of anilines is 1. The highest BCUT2D eigenvalue weighted by Gasteiger charge is 2.34. The van der Waals surface area contributed by atoms with E-state index in [4.69, 9.17) is 0 Å². The lowest BCUT2D eigenvalue weighted by Crippen LogP contribution is -2.47. The molecule has 162 valence electrons. The highest BCUT2D eigenvalue weighted by atomic mass is 16.2. The number of amides is 2. The van der Waals surface area contributed by atoms with Gasteiger partial charge in [0.05, 0.1) is 12.2 Å². The van der Waals surface area contributed by atoms with Crippen LogP contribution in [0.2, 0.25) is 0 Å². The summed E-state index contributed by atoms with van der Waals surface area (Å²) in [5.41, 5.74) is 3.02. The fourth-order valence-corrected chi connectivity index (χ4v) is 3.76. The zero-order chi connectivity index (χ0) is 22.0. The number of tetrazole rings is 1. The number of urea groups is 1. The molecule has 0 aliphatic carbocycles. The highest BCUT2D eigenvalue weighted by molar-refractivity contribution is 6.02. The summed E-state index contributed by atoms with van der Waals surface area (Å²) < 4.78 is 0. The molecule has 0 bridgehead atoms. The molecule has 1 aliphatic rings. The summed E-state index contributed by atoms with van der Waals surface area (Å²) in [6, 6.07) is 8.03. The number of hydrogen-bond donors (Lipinski definition) is 2. The van der Waals surface area contributed by atoms with Gasteiger partial charge in [-0.25, -0.2) is 9.59 Å². The maximum atomic E-state index is 13.0. The average molecular weight is 422 g/mol. The molecule has 0 saturated heterocycles. The normalized spacial score (nSPS) is 13.7. The van der Waals surface area contributed by atoms with Crippen molar-refractivity contribution >= 4 is 17.5 Å². The van der Waals surface area contributed by atoms with E-state index in [9.17, 15) is 9.59 Å². The van der Waals surface area contributed by atoms with Crippen LogP contribution < -0.4 is 10.6 Å². The summed E-state index contributed by atoms with van der Waals surface area (Å²) in [7, 11) is 0. The SMILES string of the molecule is C=C1c2[nH]c(=O)[nH]c2N(CCC)C(=O)N1CCCn1nnc(Cc2cccc(C)c2)n1. The quantitative estimate of drug-likeness (QED) is 0.578. The van der Waals surface area contributed by atoms with E-state index in [1.807, 2.05) is 19.1 Å². The third kappa shape index (κ3) is 4.27. The molecule has 0 unspecified atom stereocenters. The summed E-state index contributed by atoms with van der Waals surface area (Å²) in [5, 5.41) is 12.7. The number of hydrogen-bond acceptors (Lipinski definition) is 5. The Morgan fingerprint density at radius 1 is 1.10 bits per heavy atom. The molecule has 2 N–H and O–H groups in total. The third-order valence-corrected chi connectivity index (χ3v) is 5.18. The van der Waals surface area contributed by atoms with Crippen LogP contribution in [0.25, 0.3) is 5.70 Å². The first-order valence-electron chi connectivity index (χ1n) is 10.4. The van der Waals surface area contributed by atoms with Gasteiger partial charge in [-0.15, -0.1) is 10.2 Å². The van der Waals surface area contributed by atoms with Crippen molar-refractivity contribution in [2.24, 2.45) is 0 Å². The number of aromatic amines is 2. The van der Waals surface area contributed by atoms with Gasteiger partial charge in [0.1, 0.15) is 11.5 Å². The second-order valence-electron chi connectivity index (χ2n) is 7.66. The van der Waals surface area contributed by atoms with Gasteiger partial charge in [-0.1, -0.05) is 43.3 Å². The van der Waals surface area contributed by atoms with Gasteiger partial charge < -0.3 is 4.98 Å². The van der Waals surface area contributed by atoms with Crippen molar-refractivity contribution in [3.63, 3.8) is 0 Å². The average Bonchev–Trinajstić information content (AvgIpc) is 3.34. The first-order valence-corrected chi connectivity index (χ1v) is 10.4. The van der Waals surface area contributed by atoms with Gasteiger partial charge in [-0.05, 0) is 30.5 Å². The van der Waals surface area contributed by atoms with Crippen molar-refractivity contribution in [2.45, 2.75) is 39.7 Å². The zero-order valence-electron chi connectivity index (χ0n) is 17.8. The fraction of sp³-hybridized carbons (Fsp3) is 0.381. The van der Waals surface area contributed by atoms with Gasteiger partial charge in [0, 0.05) is 19.5 Å². The molecule has 3 heterocycles. The number of carbonyl (C=O) groups is 1. The van der Waals surface area contributed by atoms with Gasteiger partial charge in [0.15, 0.2) is 5.82 Å². The maximum Gasteiger partial charge on any atom is 0.330 e. The van der Waals surface area contributed by atoms with Crippen molar-refractivity contribution in [3.8, 4) is 0 Å². The van der Waals surface area contributed by atoms with Crippen LogP contribution in [0.15, 0.2) is 35.6 Å². The summed E-state index contributed by atoms with van der Waals surface area (Å²) in [5.74, 6) is 1.14. The second-order valence-corrected chi connectivity index (χ2v) is 7.66. The number of carbonyl (C=O) groups excluding carboxylic acids is 1.